The van der Waals surface area contributed by atoms with Gasteiger partial charge >= 0.3 is 0 Å². The first-order chi connectivity index (χ1) is 7.88. The highest BCUT2D eigenvalue weighted by atomic mass is 16.5. The van der Waals surface area contributed by atoms with Gasteiger partial charge < -0.3 is 10.5 Å². The van der Waals surface area contributed by atoms with E-state index in [0.29, 0.717) is 13.2 Å². The first-order valence-corrected chi connectivity index (χ1v) is 5.05. The van der Waals surface area contributed by atoms with Gasteiger partial charge in [0, 0.05) is 24.5 Å². The Morgan fingerprint density at radius 1 is 1.19 bits per heavy atom. The van der Waals surface area contributed by atoms with Crippen LogP contribution in [-0.2, 0) is 13.2 Å². The topological polar surface area (TPSA) is 61.0 Å². The van der Waals surface area contributed by atoms with Crippen LogP contribution in [0.25, 0.3) is 0 Å². The minimum Gasteiger partial charge on any atom is -0.487 e. The SMILES string of the molecule is NCc1ccc(OCc2cccnc2)cn1. The summed E-state index contributed by atoms with van der Waals surface area (Å²) in [6, 6.07) is 7.58. The summed E-state index contributed by atoms with van der Waals surface area (Å²) in [6.07, 6.45) is 5.20. The Kier molecular flexibility index (Phi) is 3.46. The van der Waals surface area contributed by atoms with Gasteiger partial charge in [0.15, 0.2) is 0 Å². The molecule has 0 aromatic carbocycles. The number of hydrogen-bond donors (Lipinski definition) is 1. The molecule has 4 nitrogen and oxygen atoms in total. The van der Waals surface area contributed by atoms with Gasteiger partial charge in [0.05, 0.1) is 11.9 Å². The lowest BCUT2D eigenvalue weighted by atomic mass is 10.3. The van der Waals surface area contributed by atoms with Crippen LogP contribution in [0.5, 0.6) is 5.75 Å². The summed E-state index contributed by atoms with van der Waals surface area (Å²) in [5, 5.41) is 0. The van der Waals surface area contributed by atoms with Gasteiger partial charge in [-0.3, -0.25) is 9.97 Å². The van der Waals surface area contributed by atoms with E-state index in [2.05, 4.69) is 9.97 Å². The Balaban J connectivity index is 1.94. The van der Waals surface area contributed by atoms with Crippen molar-refractivity contribution in [2.24, 2.45) is 5.73 Å². The molecule has 16 heavy (non-hydrogen) atoms. The first kappa shape index (κ1) is 10.6. The third-order valence-electron chi connectivity index (χ3n) is 2.14. The average Bonchev–Trinajstić information content (AvgIpc) is 2.38. The molecular formula is C12H13N3O. The van der Waals surface area contributed by atoms with Crippen molar-refractivity contribution in [2.75, 3.05) is 0 Å². The van der Waals surface area contributed by atoms with Crippen LogP contribution in [0.4, 0.5) is 0 Å². The minimum absolute atomic E-state index is 0.447. The number of rotatable bonds is 4. The fraction of sp³-hybridized carbons (Fsp3) is 0.167. The zero-order valence-corrected chi connectivity index (χ0v) is 8.84. The van der Waals surface area contributed by atoms with Gasteiger partial charge in [-0.1, -0.05) is 6.07 Å². The quantitative estimate of drug-likeness (QED) is 0.839. The Morgan fingerprint density at radius 2 is 2.12 bits per heavy atom. The molecule has 0 aliphatic rings. The van der Waals surface area contributed by atoms with Crippen LogP contribution in [0.1, 0.15) is 11.3 Å². The van der Waals surface area contributed by atoms with Gasteiger partial charge in [-0.05, 0) is 18.2 Å². The van der Waals surface area contributed by atoms with Gasteiger partial charge in [0.25, 0.3) is 0 Å². The second kappa shape index (κ2) is 5.23. The molecule has 0 bridgehead atoms. The molecule has 2 N–H and O–H groups in total. The van der Waals surface area contributed by atoms with Crippen molar-refractivity contribution < 1.29 is 4.74 Å². The standard InChI is InChI=1S/C12H13N3O/c13-6-11-3-4-12(8-15-11)16-9-10-2-1-5-14-7-10/h1-5,7-8H,6,9,13H2. The van der Waals surface area contributed by atoms with Crippen molar-refractivity contribution >= 4 is 0 Å². The number of ether oxygens (including phenoxy) is 1. The van der Waals surface area contributed by atoms with Crippen molar-refractivity contribution in [1.82, 2.24) is 9.97 Å². The van der Waals surface area contributed by atoms with Crippen LogP contribution in [0.2, 0.25) is 0 Å². The smallest absolute Gasteiger partial charge is 0.138 e. The molecular weight excluding hydrogens is 202 g/mol. The summed E-state index contributed by atoms with van der Waals surface area (Å²) in [4.78, 5) is 8.16. The number of pyridine rings is 2. The van der Waals surface area contributed by atoms with E-state index in [4.69, 9.17) is 10.5 Å². The Labute approximate surface area is 94.1 Å². The Hall–Kier alpha value is -1.94. The molecule has 2 aromatic rings. The summed E-state index contributed by atoms with van der Waals surface area (Å²) in [5.41, 5.74) is 7.34. The number of aromatic nitrogens is 2. The number of nitrogens with zero attached hydrogens (tertiary/aromatic N) is 2. The van der Waals surface area contributed by atoms with Crippen molar-refractivity contribution in [2.45, 2.75) is 13.2 Å². The molecule has 0 spiro atoms. The highest BCUT2D eigenvalue weighted by Gasteiger charge is 1.96. The number of nitrogens with two attached hydrogens (primary N) is 1. The van der Waals surface area contributed by atoms with Crippen LogP contribution in [0.3, 0.4) is 0 Å². The lowest BCUT2D eigenvalue weighted by Crippen LogP contribution is -2.00. The maximum absolute atomic E-state index is 5.55. The van der Waals surface area contributed by atoms with Gasteiger partial charge in [-0.15, -0.1) is 0 Å². The molecule has 0 aliphatic heterocycles. The third kappa shape index (κ3) is 2.77. The molecule has 4 heteroatoms. The van der Waals surface area contributed by atoms with Crippen molar-refractivity contribution in [1.29, 1.82) is 0 Å². The molecule has 0 radical (unpaired) electrons. The van der Waals surface area contributed by atoms with E-state index in [-0.39, 0.29) is 0 Å². The summed E-state index contributed by atoms with van der Waals surface area (Å²) >= 11 is 0. The molecule has 2 rings (SSSR count). The maximum Gasteiger partial charge on any atom is 0.138 e. The van der Waals surface area contributed by atoms with Crippen LogP contribution in [-0.4, -0.2) is 9.97 Å². The molecule has 0 saturated heterocycles. The second-order valence-corrected chi connectivity index (χ2v) is 3.34. The molecule has 2 heterocycles. The Bertz CT molecular complexity index is 428. The van der Waals surface area contributed by atoms with Crippen molar-refractivity contribution in [3.05, 3.63) is 54.1 Å². The molecule has 0 saturated carbocycles. The first-order valence-electron chi connectivity index (χ1n) is 5.05. The van der Waals surface area contributed by atoms with Crippen molar-refractivity contribution in [3.63, 3.8) is 0 Å². The van der Waals surface area contributed by atoms with E-state index in [9.17, 15) is 0 Å². The lowest BCUT2D eigenvalue weighted by Gasteiger charge is -2.05. The fourth-order valence-corrected chi connectivity index (χ4v) is 1.27. The molecule has 0 amide bonds. The van der Waals surface area contributed by atoms with Crippen LogP contribution >= 0.6 is 0 Å². The predicted octanol–water partition coefficient (Wildman–Crippen LogP) is 1.51. The minimum atomic E-state index is 0.447. The zero-order valence-electron chi connectivity index (χ0n) is 8.84. The largest absolute Gasteiger partial charge is 0.487 e. The predicted molar refractivity (Wildman–Crippen MR) is 60.7 cm³/mol. The summed E-state index contributed by atoms with van der Waals surface area (Å²) in [6.45, 7) is 0.945. The van der Waals surface area contributed by atoms with E-state index in [1.54, 1.807) is 18.6 Å². The van der Waals surface area contributed by atoms with E-state index >= 15 is 0 Å². The molecule has 2 aromatic heterocycles. The van der Waals surface area contributed by atoms with Crippen LogP contribution < -0.4 is 10.5 Å². The monoisotopic (exact) mass is 215 g/mol. The molecule has 0 atom stereocenters. The molecule has 82 valence electrons. The van der Waals surface area contributed by atoms with Crippen LogP contribution in [0.15, 0.2) is 42.9 Å². The summed E-state index contributed by atoms with van der Waals surface area (Å²) < 4.78 is 5.55. The molecule has 0 unspecified atom stereocenters. The van der Waals surface area contributed by atoms with Crippen molar-refractivity contribution in [3.8, 4) is 5.75 Å². The van der Waals surface area contributed by atoms with E-state index in [1.165, 1.54) is 0 Å². The van der Waals surface area contributed by atoms with Gasteiger partial charge in [0.2, 0.25) is 0 Å². The lowest BCUT2D eigenvalue weighted by molar-refractivity contribution is 0.304. The van der Waals surface area contributed by atoms with E-state index in [0.717, 1.165) is 17.0 Å². The molecule has 0 aliphatic carbocycles. The fourth-order valence-electron chi connectivity index (χ4n) is 1.27. The second-order valence-electron chi connectivity index (χ2n) is 3.34. The highest BCUT2D eigenvalue weighted by Crippen LogP contribution is 2.11. The van der Waals surface area contributed by atoms with Crippen LogP contribution in [0, 0.1) is 0 Å². The highest BCUT2D eigenvalue weighted by molar-refractivity contribution is 5.20. The number of hydrogen-bond acceptors (Lipinski definition) is 4. The average molecular weight is 215 g/mol. The van der Waals surface area contributed by atoms with Gasteiger partial charge in [-0.2, -0.15) is 0 Å². The Morgan fingerprint density at radius 3 is 2.75 bits per heavy atom. The third-order valence-corrected chi connectivity index (χ3v) is 2.14. The van der Waals surface area contributed by atoms with E-state index in [1.807, 2.05) is 24.3 Å². The molecule has 0 fully saturated rings. The maximum atomic E-state index is 5.55. The zero-order chi connectivity index (χ0) is 11.2. The summed E-state index contributed by atoms with van der Waals surface area (Å²) in [5.74, 6) is 0.737. The van der Waals surface area contributed by atoms with Gasteiger partial charge in [-0.25, -0.2) is 0 Å². The normalized spacial score (nSPS) is 10.1. The van der Waals surface area contributed by atoms with E-state index < -0.39 is 0 Å². The summed E-state index contributed by atoms with van der Waals surface area (Å²) in [7, 11) is 0. The van der Waals surface area contributed by atoms with Gasteiger partial charge in [0.1, 0.15) is 12.4 Å².